The molecule has 1 N–H and O–H groups in total. The number of nitrogens with one attached hydrogen (secondary N) is 1. The van der Waals surface area contributed by atoms with Gasteiger partial charge in [0.1, 0.15) is 11.8 Å². The quantitative estimate of drug-likeness (QED) is 0.568. The Labute approximate surface area is 173 Å². The highest BCUT2D eigenvalue weighted by Crippen LogP contribution is 2.25. The van der Waals surface area contributed by atoms with Crippen LogP contribution < -0.4 is 14.4 Å². The van der Waals surface area contributed by atoms with Crippen molar-refractivity contribution in [1.82, 2.24) is 5.32 Å². The van der Waals surface area contributed by atoms with Crippen LogP contribution in [0.5, 0.6) is 5.75 Å². The Hall–Kier alpha value is -2.54. The van der Waals surface area contributed by atoms with Gasteiger partial charge in [-0.1, -0.05) is 37.3 Å². The number of sulfonamides is 1. The molecule has 0 saturated carbocycles. The first-order valence-corrected chi connectivity index (χ1v) is 11.8. The number of hydrogen-bond acceptors (Lipinski definition) is 4. The van der Waals surface area contributed by atoms with Crippen LogP contribution in [-0.4, -0.2) is 39.8 Å². The van der Waals surface area contributed by atoms with Crippen LogP contribution in [0.1, 0.15) is 32.3 Å². The molecule has 158 valence electrons. The molecule has 0 fully saturated rings. The van der Waals surface area contributed by atoms with Crippen LogP contribution in [0.2, 0.25) is 0 Å². The first-order chi connectivity index (χ1) is 13.9. The highest BCUT2D eigenvalue weighted by molar-refractivity contribution is 7.92. The highest BCUT2D eigenvalue weighted by Gasteiger charge is 2.31. The number of hydrogen-bond donors (Lipinski definition) is 1. The van der Waals surface area contributed by atoms with E-state index >= 15 is 0 Å². The summed E-state index contributed by atoms with van der Waals surface area (Å²) in [5.41, 5.74) is 1.66. The van der Waals surface area contributed by atoms with Crippen molar-refractivity contribution in [3.63, 3.8) is 0 Å². The molecule has 0 aliphatic rings. The summed E-state index contributed by atoms with van der Waals surface area (Å²) in [4.78, 5) is 12.8. The van der Waals surface area contributed by atoms with E-state index in [1.807, 2.05) is 37.3 Å². The molecule has 29 heavy (non-hydrogen) atoms. The number of benzene rings is 2. The van der Waals surface area contributed by atoms with Gasteiger partial charge in [0.15, 0.2) is 0 Å². The fourth-order valence-corrected chi connectivity index (χ4v) is 4.39. The predicted molar refractivity (Wildman–Crippen MR) is 117 cm³/mol. The van der Waals surface area contributed by atoms with Gasteiger partial charge >= 0.3 is 0 Å². The summed E-state index contributed by atoms with van der Waals surface area (Å²) < 4.78 is 31.6. The number of rotatable bonds is 11. The Bertz CT molecular complexity index is 867. The third kappa shape index (κ3) is 6.78. The lowest BCUT2D eigenvalue weighted by molar-refractivity contribution is -0.122. The number of carbonyl (C=O) groups excluding carboxylic acids is 1. The fourth-order valence-electron chi connectivity index (χ4n) is 3.18. The van der Waals surface area contributed by atoms with E-state index in [1.165, 1.54) is 9.87 Å². The first-order valence-electron chi connectivity index (χ1n) is 9.90. The smallest absolute Gasteiger partial charge is 0.243 e. The maximum absolute atomic E-state index is 12.8. The predicted octanol–water partition coefficient (Wildman–Crippen LogP) is 3.38. The zero-order chi connectivity index (χ0) is 21.3. The maximum atomic E-state index is 12.8. The summed E-state index contributed by atoms with van der Waals surface area (Å²) >= 11 is 0. The molecule has 0 bridgehead atoms. The molecular weight excluding hydrogens is 388 g/mol. The monoisotopic (exact) mass is 418 g/mol. The van der Waals surface area contributed by atoms with Gasteiger partial charge < -0.3 is 10.1 Å². The topological polar surface area (TPSA) is 75.7 Å². The third-order valence-electron chi connectivity index (χ3n) is 4.52. The Kier molecular flexibility index (Phi) is 8.51. The molecule has 7 heteroatoms. The lowest BCUT2D eigenvalue weighted by Gasteiger charge is -2.30. The number of anilines is 1. The zero-order valence-electron chi connectivity index (χ0n) is 17.3. The molecule has 0 heterocycles. The Morgan fingerprint density at radius 2 is 1.72 bits per heavy atom. The van der Waals surface area contributed by atoms with Crippen molar-refractivity contribution in [2.24, 2.45) is 0 Å². The SMILES string of the molecule is CCOc1ccc(N(C(CC)C(=O)NCCCc2ccccc2)S(C)(=O)=O)cc1. The largest absolute Gasteiger partial charge is 0.494 e. The lowest BCUT2D eigenvalue weighted by Crippen LogP contribution is -2.49. The van der Waals surface area contributed by atoms with Crippen molar-refractivity contribution in [3.8, 4) is 5.75 Å². The van der Waals surface area contributed by atoms with Gasteiger partial charge in [-0.15, -0.1) is 0 Å². The van der Waals surface area contributed by atoms with Gasteiger partial charge in [0.25, 0.3) is 0 Å². The average molecular weight is 419 g/mol. The number of nitrogens with zero attached hydrogens (tertiary/aromatic N) is 1. The summed E-state index contributed by atoms with van der Waals surface area (Å²) in [5, 5.41) is 2.89. The van der Waals surface area contributed by atoms with E-state index in [0.717, 1.165) is 19.1 Å². The third-order valence-corrected chi connectivity index (χ3v) is 5.70. The van der Waals surface area contributed by atoms with E-state index in [-0.39, 0.29) is 5.91 Å². The molecule has 2 aromatic carbocycles. The second-order valence-electron chi connectivity index (χ2n) is 6.79. The van der Waals surface area contributed by atoms with Crippen molar-refractivity contribution in [1.29, 1.82) is 0 Å². The minimum Gasteiger partial charge on any atom is -0.494 e. The van der Waals surface area contributed by atoms with Crippen LogP contribution in [0.15, 0.2) is 54.6 Å². The van der Waals surface area contributed by atoms with Gasteiger partial charge in [-0.05, 0) is 56.0 Å². The Morgan fingerprint density at radius 1 is 1.07 bits per heavy atom. The molecule has 0 aliphatic heterocycles. The van der Waals surface area contributed by atoms with Crippen LogP contribution in [0.25, 0.3) is 0 Å². The molecule has 6 nitrogen and oxygen atoms in total. The molecule has 1 amide bonds. The number of carbonyl (C=O) groups is 1. The molecule has 1 unspecified atom stereocenters. The molecule has 0 saturated heterocycles. The maximum Gasteiger partial charge on any atom is 0.243 e. The van der Waals surface area contributed by atoms with Crippen LogP contribution in [0.3, 0.4) is 0 Å². The average Bonchev–Trinajstić information content (AvgIpc) is 2.70. The summed E-state index contributed by atoms with van der Waals surface area (Å²) in [6.45, 7) is 4.70. The fraction of sp³-hybridized carbons (Fsp3) is 0.409. The second kappa shape index (κ2) is 10.9. The van der Waals surface area contributed by atoms with Crippen LogP contribution in [0.4, 0.5) is 5.69 Å². The molecule has 1 atom stereocenters. The normalized spacial score (nSPS) is 12.2. The van der Waals surface area contributed by atoms with E-state index < -0.39 is 16.1 Å². The molecule has 0 spiro atoms. The van der Waals surface area contributed by atoms with E-state index in [9.17, 15) is 13.2 Å². The summed E-state index contributed by atoms with van der Waals surface area (Å²) in [6, 6.07) is 16.0. The van der Waals surface area contributed by atoms with E-state index in [1.54, 1.807) is 31.2 Å². The number of aryl methyl sites for hydroxylation is 1. The van der Waals surface area contributed by atoms with Crippen LogP contribution >= 0.6 is 0 Å². The van der Waals surface area contributed by atoms with Gasteiger partial charge in [-0.3, -0.25) is 9.10 Å². The zero-order valence-corrected chi connectivity index (χ0v) is 18.1. The summed E-state index contributed by atoms with van der Waals surface area (Å²) in [5.74, 6) is 0.364. The van der Waals surface area contributed by atoms with E-state index in [4.69, 9.17) is 4.74 Å². The Morgan fingerprint density at radius 3 is 2.28 bits per heavy atom. The summed E-state index contributed by atoms with van der Waals surface area (Å²) in [6.07, 6.45) is 3.13. The minimum atomic E-state index is -3.64. The van der Waals surface area contributed by atoms with Gasteiger partial charge in [0.2, 0.25) is 15.9 Å². The Balaban J connectivity index is 2.06. The molecule has 2 aromatic rings. The number of ether oxygens (including phenoxy) is 1. The molecule has 0 aliphatic carbocycles. The molecule has 0 aromatic heterocycles. The van der Waals surface area contributed by atoms with E-state index in [0.29, 0.717) is 31.0 Å². The lowest BCUT2D eigenvalue weighted by atomic mass is 10.1. The second-order valence-corrected chi connectivity index (χ2v) is 8.65. The van der Waals surface area contributed by atoms with Crippen LogP contribution in [0, 0.1) is 0 Å². The van der Waals surface area contributed by atoms with Gasteiger partial charge in [0.05, 0.1) is 18.6 Å². The van der Waals surface area contributed by atoms with Crippen molar-refractivity contribution >= 4 is 21.6 Å². The van der Waals surface area contributed by atoms with Crippen molar-refractivity contribution in [2.75, 3.05) is 23.7 Å². The standard InChI is InChI=1S/C22H30N2O4S/c1-4-21(22(25)23-17-9-12-18-10-7-6-8-11-18)24(29(3,26)27)19-13-15-20(16-14-19)28-5-2/h6-8,10-11,13-16,21H,4-5,9,12,17H2,1-3H3,(H,23,25). The first kappa shape index (κ1) is 22.7. The van der Waals surface area contributed by atoms with Gasteiger partial charge in [-0.25, -0.2) is 8.42 Å². The molecule has 2 rings (SSSR count). The summed E-state index contributed by atoms with van der Waals surface area (Å²) in [7, 11) is -3.64. The van der Waals surface area contributed by atoms with E-state index in [2.05, 4.69) is 5.32 Å². The molecular formula is C22H30N2O4S. The molecule has 0 radical (unpaired) electrons. The number of amides is 1. The van der Waals surface area contributed by atoms with Crippen LogP contribution in [-0.2, 0) is 21.2 Å². The minimum absolute atomic E-state index is 0.292. The highest BCUT2D eigenvalue weighted by atomic mass is 32.2. The van der Waals surface area contributed by atoms with Gasteiger partial charge in [0, 0.05) is 6.54 Å². The van der Waals surface area contributed by atoms with Crippen molar-refractivity contribution in [2.45, 2.75) is 39.2 Å². The van der Waals surface area contributed by atoms with Gasteiger partial charge in [-0.2, -0.15) is 0 Å². The van der Waals surface area contributed by atoms with Crippen molar-refractivity contribution < 1.29 is 17.9 Å². The van der Waals surface area contributed by atoms with Crippen molar-refractivity contribution in [3.05, 3.63) is 60.2 Å².